The van der Waals surface area contributed by atoms with Crippen molar-refractivity contribution in [3.63, 3.8) is 0 Å². The first kappa shape index (κ1) is 14.8. The van der Waals surface area contributed by atoms with Gasteiger partial charge in [-0.1, -0.05) is 49.0 Å². The van der Waals surface area contributed by atoms with Gasteiger partial charge in [-0.2, -0.15) is 0 Å². The van der Waals surface area contributed by atoms with Crippen LogP contribution in [0.2, 0.25) is 0 Å². The van der Waals surface area contributed by atoms with E-state index < -0.39 is 0 Å². The molecule has 2 nitrogen and oxygen atoms in total. The molecule has 0 saturated carbocycles. The number of benzene rings is 2. The van der Waals surface area contributed by atoms with Gasteiger partial charge in [-0.3, -0.25) is 4.79 Å². The molecule has 0 fully saturated rings. The lowest BCUT2D eigenvalue weighted by Crippen LogP contribution is -2.26. The molecule has 2 aromatic carbocycles. The van der Waals surface area contributed by atoms with Crippen LogP contribution in [0.4, 0.5) is 0 Å². The molecule has 2 aromatic rings. The summed E-state index contributed by atoms with van der Waals surface area (Å²) in [5.74, 6) is -0.00240. The third-order valence-electron chi connectivity index (χ3n) is 3.07. The summed E-state index contributed by atoms with van der Waals surface area (Å²) in [7, 11) is 0. The van der Waals surface area contributed by atoms with Gasteiger partial charge in [-0.15, -0.1) is 0 Å². The monoisotopic (exact) mass is 377 g/mol. The van der Waals surface area contributed by atoms with Crippen LogP contribution in [0.3, 0.4) is 0 Å². The van der Waals surface area contributed by atoms with E-state index in [2.05, 4.69) is 29.2 Å². The highest BCUT2D eigenvalue weighted by Crippen LogP contribution is 2.21. The second kappa shape index (κ2) is 6.70. The Labute approximate surface area is 133 Å². The third-order valence-corrected chi connectivity index (χ3v) is 3.79. The SMILES string of the molecule is C=C(c1ccc(I)cc1)N(Cc1ccccc1)C(C)=O. The second-order valence-electron chi connectivity index (χ2n) is 4.54. The fourth-order valence-corrected chi connectivity index (χ4v) is 2.32. The van der Waals surface area contributed by atoms with Crippen molar-refractivity contribution in [1.29, 1.82) is 0 Å². The fraction of sp³-hybridized carbons (Fsp3) is 0.118. The molecule has 0 saturated heterocycles. The summed E-state index contributed by atoms with van der Waals surface area (Å²) >= 11 is 2.26. The van der Waals surface area contributed by atoms with E-state index in [-0.39, 0.29) is 5.91 Å². The first-order valence-electron chi connectivity index (χ1n) is 6.35. The molecule has 0 aliphatic heterocycles. The highest BCUT2D eigenvalue weighted by molar-refractivity contribution is 14.1. The standard InChI is InChI=1S/C17H16INO/c1-13(16-8-10-17(18)11-9-16)19(14(2)20)12-15-6-4-3-5-7-15/h3-11H,1,12H2,2H3. The van der Waals surface area contributed by atoms with Crippen LogP contribution < -0.4 is 0 Å². The smallest absolute Gasteiger partial charge is 0.224 e. The third kappa shape index (κ3) is 3.70. The Hall–Kier alpha value is -1.62. The van der Waals surface area contributed by atoms with Crippen molar-refractivity contribution in [2.75, 3.05) is 0 Å². The highest BCUT2D eigenvalue weighted by atomic mass is 127. The Kier molecular flexibility index (Phi) is 4.95. The molecule has 0 spiro atoms. The zero-order valence-electron chi connectivity index (χ0n) is 11.3. The molecule has 0 radical (unpaired) electrons. The summed E-state index contributed by atoms with van der Waals surface area (Å²) in [6.45, 7) is 6.19. The van der Waals surface area contributed by atoms with Crippen molar-refractivity contribution in [2.45, 2.75) is 13.5 Å². The zero-order chi connectivity index (χ0) is 14.5. The van der Waals surface area contributed by atoms with E-state index in [9.17, 15) is 4.79 Å². The summed E-state index contributed by atoms with van der Waals surface area (Å²) in [4.78, 5) is 13.6. The van der Waals surface area contributed by atoms with E-state index in [4.69, 9.17) is 0 Å². The number of rotatable bonds is 4. The summed E-state index contributed by atoms with van der Waals surface area (Å²) in [5, 5.41) is 0. The Morgan fingerprint density at radius 2 is 1.70 bits per heavy atom. The number of hydrogen-bond donors (Lipinski definition) is 0. The van der Waals surface area contributed by atoms with Gasteiger partial charge in [0.25, 0.3) is 0 Å². The van der Waals surface area contributed by atoms with Crippen LogP contribution in [0.15, 0.2) is 61.2 Å². The van der Waals surface area contributed by atoms with Gasteiger partial charge in [0.1, 0.15) is 0 Å². The van der Waals surface area contributed by atoms with E-state index in [1.165, 1.54) is 0 Å². The summed E-state index contributed by atoms with van der Waals surface area (Å²) in [5.41, 5.74) is 2.80. The maximum absolute atomic E-state index is 11.9. The fourth-order valence-electron chi connectivity index (χ4n) is 1.96. The van der Waals surface area contributed by atoms with Gasteiger partial charge in [0.05, 0.1) is 6.54 Å². The van der Waals surface area contributed by atoms with Gasteiger partial charge in [0, 0.05) is 16.2 Å². The molecule has 0 aromatic heterocycles. The Bertz CT molecular complexity index is 605. The van der Waals surface area contributed by atoms with Crippen molar-refractivity contribution >= 4 is 34.2 Å². The lowest BCUT2D eigenvalue weighted by atomic mass is 10.1. The number of amides is 1. The van der Waals surface area contributed by atoms with Crippen LogP contribution in [0.1, 0.15) is 18.1 Å². The van der Waals surface area contributed by atoms with Crippen LogP contribution in [-0.2, 0) is 11.3 Å². The van der Waals surface area contributed by atoms with Crippen LogP contribution in [0, 0.1) is 3.57 Å². The second-order valence-corrected chi connectivity index (χ2v) is 5.79. The quantitative estimate of drug-likeness (QED) is 0.728. The topological polar surface area (TPSA) is 20.3 Å². The van der Waals surface area contributed by atoms with Gasteiger partial charge >= 0.3 is 0 Å². The van der Waals surface area contributed by atoms with Gasteiger partial charge in [-0.25, -0.2) is 0 Å². The summed E-state index contributed by atoms with van der Waals surface area (Å²) in [6.07, 6.45) is 0. The maximum atomic E-state index is 11.9. The average molecular weight is 377 g/mol. The van der Waals surface area contributed by atoms with E-state index >= 15 is 0 Å². The lowest BCUT2D eigenvalue weighted by Gasteiger charge is -2.23. The van der Waals surface area contributed by atoms with Crippen LogP contribution in [0.5, 0.6) is 0 Å². The van der Waals surface area contributed by atoms with Crippen molar-refractivity contribution in [3.8, 4) is 0 Å². The van der Waals surface area contributed by atoms with Gasteiger partial charge < -0.3 is 4.90 Å². The van der Waals surface area contributed by atoms with Gasteiger partial charge in [-0.05, 0) is 45.9 Å². The molecular formula is C17H16INO. The van der Waals surface area contributed by atoms with Crippen molar-refractivity contribution in [3.05, 3.63) is 75.9 Å². The van der Waals surface area contributed by atoms with E-state index in [1.54, 1.807) is 11.8 Å². The number of nitrogens with zero attached hydrogens (tertiary/aromatic N) is 1. The lowest BCUT2D eigenvalue weighted by molar-refractivity contribution is -0.126. The number of hydrogen-bond acceptors (Lipinski definition) is 1. The molecule has 1 amide bonds. The molecule has 0 heterocycles. The Morgan fingerprint density at radius 3 is 2.25 bits per heavy atom. The molecule has 0 N–H and O–H groups in total. The van der Waals surface area contributed by atoms with Crippen LogP contribution >= 0.6 is 22.6 Å². The molecule has 0 aliphatic rings. The molecule has 0 bridgehead atoms. The Morgan fingerprint density at radius 1 is 1.10 bits per heavy atom. The summed E-state index contributed by atoms with van der Waals surface area (Å²) < 4.78 is 1.16. The number of halogens is 1. The maximum Gasteiger partial charge on any atom is 0.224 e. The average Bonchev–Trinajstić information content (AvgIpc) is 2.45. The van der Waals surface area contributed by atoms with E-state index in [0.29, 0.717) is 6.54 Å². The van der Waals surface area contributed by atoms with Gasteiger partial charge in [0.15, 0.2) is 0 Å². The molecule has 0 unspecified atom stereocenters. The Balaban J connectivity index is 2.22. The van der Waals surface area contributed by atoms with Crippen molar-refractivity contribution in [1.82, 2.24) is 4.90 Å². The first-order valence-corrected chi connectivity index (χ1v) is 7.42. The predicted molar refractivity (Wildman–Crippen MR) is 90.9 cm³/mol. The van der Waals surface area contributed by atoms with Crippen LogP contribution in [-0.4, -0.2) is 10.8 Å². The molecule has 102 valence electrons. The van der Waals surface area contributed by atoms with Crippen molar-refractivity contribution < 1.29 is 4.79 Å². The normalized spacial score (nSPS) is 10.1. The van der Waals surface area contributed by atoms with Gasteiger partial charge in [0.2, 0.25) is 5.91 Å². The zero-order valence-corrected chi connectivity index (χ0v) is 13.5. The number of carbonyl (C=O) groups excluding carboxylic acids is 1. The molecule has 0 atom stereocenters. The van der Waals surface area contributed by atoms with Crippen LogP contribution in [0.25, 0.3) is 5.70 Å². The molecule has 2 rings (SSSR count). The molecule has 3 heteroatoms. The summed E-state index contributed by atoms with van der Waals surface area (Å²) in [6, 6.07) is 18.0. The predicted octanol–water partition coefficient (Wildman–Crippen LogP) is 4.31. The first-order chi connectivity index (χ1) is 9.58. The minimum atomic E-state index is -0.00240. The van der Waals surface area contributed by atoms with E-state index in [0.717, 1.165) is 20.4 Å². The minimum Gasteiger partial charge on any atom is -0.308 e. The molecule has 20 heavy (non-hydrogen) atoms. The van der Waals surface area contributed by atoms with E-state index in [1.807, 2.05) is 54.6 Å². The highest BCUT2D eigenvalue weighted by Gasteiger charge is 2.14. The minimum absolute atomic E-state index is 0.00240. The largest absolute Gasteiger partial charge is 0.308 e. The van der Waals surface area contributed by atoms with Crippen molar-refractivity contribution in [2.24, 2.45) is 0 Å². The number of carbonyl (C=O) groups is 1. The molecule has 0 aliphatic carbocycles. The molecular weight excluding hydrogens is 361 g/mol.